The average molecular weight is 230 g/mol. The molecule has 90 valence electrons. The van der Waals surface area contributed by atoms with Gasteiger partial charge in [-0.05, 0) is 18.6 Å². The Balaban J connectivity index is 2.78. The SMILES string of the molecule is CCCCNC(=O)c1ccccc1C#CCN. The third kappa shape index (κ3) is 4.29. The van der Waals surface area contributed by atoms with Gasteiger partial charge in [-0.25, -0.2) is 0 Å². The Morgan fingerprint density at radius 2 is 2.18 bits per heavy atom. The number of rotatable bonds is 4. The van der Waals surface area contributed by atoms with Crippen LogP contribution in [0.25, 0.3) is 0 Å². The lowest BCUT2D eigenvalue weighted by Crippen LogP contribution is -2.25. The Labute approximate surface area is 102 Å². The molecule has 3 nitrogen and oxygen atoms in total. The molecule has 0 radical (unpaired) electrons. The lowest BCUT2D eigenvalue weighted by Gasteiger charge is -2.05. The molecular weight excluding hydrogens is 212 g/mol. The van der Waals surface area contributed by atoms with Gasteiger partial charge in [0.25, 0.3) is 5.91 Å². The van der Waals surface area contributed by atoms with Crippen LogP contribution in [0.1, 0.15) is 35.7 Å². The molecule has 1 amide bonds. The first kappa shape index (κ1) is 13.3. The number of nitrogens with two attached hydrogens (primary N) is 1. The topological polar surface area (TPSA) is 55.1 Å². The molecule has 1 rings (SSSR count). The summed E-state index contributed by atoms with van der Waals surface area (Å²) >= 11 is 0. The Kier molecular flexibility index (Phi) is 5.84. The van der Waals surface area contributed by atoms with Crippen LogP contribution in [0.5, 0.6) is 0 Å². The van der Waals surface area contributed by atoms with Crippen LogP contribution in [0, 0.1) is 11.8 Å². The highest BCUT2D eigenvalue weighted by atomic mass is 16.1. The summed E-state index contributed by atoms with van der Waals surface area (Å²) in [4.78, 5) is 11.9. The Morgan fingerprint density at radius 3 is 2.88 bits per heavy atom. The number of hydrogen-bond acceptors (Lipinski definition) is 2. The smallest absolute Gasteiger partial charge is 0.252 e. The van der Waals surface area contributed by atoms with Gasteiger partial charge in [-0.1, -0.05) is 37.3 Å². The highest BCUT2D eigenvalue weighted by Crippen LogP contribution is 2.07. The molecule has 0 unspecified atom stereocenters. The van der Waals surface area contributed by atoms with E-state index in [4.69, 9.17) is 5.73 Å². The quantitative estimate of drug-likeness (QED) is 0.608. The monoisotopic (exact) mass is 230 g/mol. The molecule has 0 aliphatic heterocycles. The number of carbonyl (C=O) groups excluding carboxylic acids is 1. The van der Waals surface area contributed by atoms with E-state index in [9.17, 15) is 4.79 Å². The van der Waals surface area contributed by atoms with Gasteiger partial charge in [0.2, 0.25) is 0 Å². The van der Waals surface area contributed by atoms with E-state index in [1.165, 1.54) is 0 Å². The Bertz CT molecular complexity index is 429. The second-order valence-corrected chi connectivity index (χ2v) is 3.66. The fraction of sp³-hybridized carbons (Fsp3) is 0.357. The molecule has 1 aromatic carbocycles. The molecule has 0 heterocycles. The van der Waals surface area contributed by atoms with E-state index in [1.54, 1.807) is 6.07 Å². The van der Waals surface area contributed by atoms with E-state index in [-0.39, 0.29) is 5.91 Å². The van der Waals surface area contributed by atoms with E-state index in [0.717, 1.165) is 18.4 Å². The van der Waals surface area contributed by atoms with Crippen molar-refractivity contribution < 1.29 is 4.79 Å². The van der Waals surface area contributed by atoms with Crippen LogP contribution in [0.2, 0.25) is 0 Å². The molecular formula is C14H18N2O. The van der Waals surface area contributed by atoms with Crippen LogP contribution in [0.15, 0.2) is 24.3 Å². The molecule has 0 saturated carbocycles. The van der Waals surface area contributed by atoms with E-state index in [1.807, 2.05) is 18.2 Å². The summed E-state index contributed by atoms with van der Waals surface area (Å²) < 4.78 is 0. The van der Waals surface area contributed by atoms with Crippen molar-refractivity contribution >= 4 is 5.91 Å². The van der Waals surface area contributed by atoms with E-state index >= 15 is 0 Å². The van der Waals surface area contributed by atoms with Gasteiger partial charge < -0.3 is 11.1 Å². The third-order valence-electron chi connectivity index (χ3n) is 2.31. The van der Waals surface area contributed by atoms with Gasteiger partial charge in [0.05, 0.1) is 12.1 Å². The van der Waals surface area contributed by atoms with Gasteiger partial charge in [0.1, 0.15) is 0 Å². The maximum absolute atomic E-state index is 11.9. The zero-order valence-electron chi connectivity index (χ0n) is 10.1. The minimum Gasteiger partial charge on any atom is -0.352 e. The zero-order valence-corrected chi connectivity index (χ0v) is 10.1. The second kappa shape index (κ2) is 7.48. The van der Waals surface area contributed by atoms with Gasteiger partial charge in [0, 0.05) is 12.1 Å². The molecule has 1 aromatic rings. The fourth-order valence-electron chi connectivity index (χ4n) is 1.41. The molecule has 0 bridgehead atoms. The predicted octanol–water partition coefficient (Wildman–Crippen LogP) is 1.53. The maximum Gasteiger partial charge on any atom is 0.252 e. The number of nitrogens with one attached hydrogen (secondary N) is 1. The first-order valence-electron chi connectivity index (χ1n) is 5.85. The summed E-state index contributed by atoms with van der Waals surface area (Å²) in [6, 6.07) is 7.31. The lowest BCUT2D eigenvalue weighted by molar-refractivity contribution is 0.0953. The maximum atomic E-state index is 11.9. The largest absolute Gasteiger partial charge is 0.352 e. The van der Waals surface area contributed by atoms with Crippen molar-refractivity contribution in [1.29, 1.82) is 0 Å². The number of benzene rings is 1. The molecule has 0 aliphatic rings. The van der Waals surface area contributed by atoms with Gasteiger partial charge in [-0.3, -0.25) is 4.79 Å². The van der Waals surface area contributed by atoms with Crippen LogP contribution in [0.4, 0.5) is 0 Å². The van der Waals surface area contributed by atoms with Gasteiger partial charge in [0.15, 0.2) is 0 Å². The first-order valence-corrected chi connectivity index (χ1v) is 5.85. The average Bonchev–Trinajstić information content (AvgIpc) is 2.37. The van der Waals surface area contributed by atoms with Crippen molar-refractivity contribution in [3.8, 4) is 11.8 Å². The minimum atomic E-state index is -0.0691. The predicted molar refractivity (Wildman–Crippen MR) is 69.6 cm³/mol. The highest BCUT2D eigenvalue weighted by Gasteiger charge is 2.08. The molecule has 0 atom stereocenters. The lowest BCUT2D eigenvalue weighted by atomic mass is 10.1. The molecule has 0 saturated heterocycles. The molecule has 17 heavy (non-hydrogen) atoms. The van der Waals surface area contributed by atoms with Crippen molar-refractivity contribution in [3.63, 3.8) is 0 Å². The summed E-state index contributed by atoms with van der Waals surface area (Å²) in [5.41, 5.74) is 6.67. The van der Waals surface area contributed by atoms with E-state index in [2.05, 4.69) is 24.1 Å². The van der Waals surface area contributed by atoms with Crippen molar-refractivity contribution in [3.05, 3.63) is 35.4 Å². The highest BCUT2D eigenvalue weighted by molar-refractivity contribution is 5.96. The first-order chi connectivity index (χ1) is 8.29. The molecule has 0 spiro atoms. The zero-order chi connectivity index (χ0) is 12.5. The molecule has 3 N–H and O–H groups in total. The Morgan fingerprint density at radius 1 is 1.41 bits per heavy atom. The summed E-state index contributed by atoms with van der Waals surface area (Å²) in [7, 11) is 0. The van der Waals surface area contributed by atoms with Gasteiger partial charge in [-0.15, -0.1) is 0 Å². The fourth-order valence-corrected chi connectivity index (χ4v) is 1.41. The van der Waals surface area contributed by atoms with Gasteiger partial charge >= 0.3 is 0 Å². The summed E-state index contributed by atoms with van der Waals surface area (Å²) in [5.74, 6) is 5.60. The molecule has 0 aromatic heterocycles. The van der Waals surface area contributed by atoms with Crippen LogP contribution in [0.3, 0.4) is 0 Å². The van der Waals surface area contributed by atoms with Gasteiger partial charge in [-0.2, -0.15) is 0 Å². The van der Waals surface area contributed by atoms with Crippen LogP contribution < -0.4 is 11.1 Å². The third-order valence-corrected chi connectivity index (χ3v) is 2.31. The molecule has 0 fully saturated rings. The standard InChI is InChI=1S/C14H18N2O/c1-2-3-11-16-14(17)13-9-5-4-7-12(13)8-6-10-15/h4-5,7,9H,2-3,10-11,15H2,1H3,(H,16,17). The van der Waals surface area contributed by atoms with E-state index < -0.39 is 0 Å². The summed E-state index contributed by atoms with van der Waals surface area (Å²) in [6.45, 7) is 3.09. The minimum absolute atomic E-state index is 0.0691. The Hall–Kier alpha value is -1.79. The van der Waals surface area contributed by atoms with Crippen LogP contribution in [-0.2, 0) is 0 Å². The summed E-state index contributed by atoms with van der Waals surface area (Å²) in [6.07, 6.45) is 2.05. The van der Waals surface area contributed by atoms with Crippen molar-refractivity contribution in [2.45, 2.75) is 19.8 Å². The number of amides is 1. The van der Waals surface area contributed by atoms with Crippen LogP contribution >= 0.6 is 0 Å². The van der Waals surface area contributed by atoms with Crippen LogP contribution in [-0.4, -0.2) is 19.0 Å². The van der Waals surface area contributed by atoms with E-state index in [0.29, 0.717) is 18.7 Å². The number of hydrogen-bond donors (Lipinski definition) is 2. The van der Waals surface area contributed by atoms with Crippen molar-refractivity contribution in [2.24, 2.45) is 5.73 Å². The summed E-state index contributed by atoms with van der Waals surface area (Å²) in [5, 5.41) is 2.88. The second-order valence-electron chi connectivity index (χ2n) is 3.66. The number of unbranched alkanes of at least 4 members (excludes halogenated alkanes) is 1. The molecule has 0 aliphatic carbocycles. The number of carbonyl (C=O) groups is 1. The van der Waals surface area contributed by atoms with Crippen molar-refractivity contribution in [2.75, 3.05) is 13.1 Å². The van der Waals surface area contributed by atoms with Crippen molar-refractivity contribution in [1.82, 2.24) is 5.32 Å². The molecule has 3 heteroatoms. The normalized spacial score (nSPS) is 9.29.